The van der Waals surface area contributed by atoms with Crippen molar-refractivity contribution >= 4 is 49.6 Å². The Kier molecular flexibility index (Phi) is 5.25. The van der Waals surface area contributed by atoms with Gasteiger partial charge in [0.1, 0.15) is 0 Å². The topological polar surface area (TPSA) is 9.86 Å². The smallest absolute Gasteiger partial charge is 0.0542 e. The second-order valence-electron chi connectivity index (χ2n) is 13.2. The lowest BCUT2D eigenvalue weighted by Crippen LogP contribution is -2.03. The van der Waals surface area contributed by atoms with Crippen molar-refractivity contribution in [3.8, 4) is 44.8 Å². The second-order valence-corrected chi connectivity index (χ2v) is 13.2. The highest BCUT2D eigenvalue weighted by Crippen LogP contribution is 2.49. The van der Waals surface area contributed by atoms with Gasteiger partial charge in [0.25, 0.3) is 0 Å². The van der Waals surface area contributed by atoms with E-state index in [1.807, 2.05) is 0 Å². The molecule has 2 aliphatic carbocycles. The van der Waals surface area contributed by atoms with Crippen LogP contribution >= 0.6 is 0 Å². The molecule has 0 aliphatic heterocycles. The standard InChI is InChI=1S/C46H30N2/c1-2-11-34-33(10-1)39-16-9-15-38-32(25-26-40(34)46(38)39)29-20-22-30(23-21-29)47-44-19-8-5-14-37(44)41-28-31(24-27-45(41)47)48-42-17-6-3-12-35(42)36-13-4-7-18-43(36)48/h1-6,8-17,19-28H,7,18H2. The minimum absolute atomic E-state index is 1.05. The summed E-state index contributed by atoms with van der Waals surface area (Å²) in [6, 6.07) is 54.0. The molecule has 0 spiro atoms. The van der Waals surface area contributed by atoms with Crippen LogP contribution in [0, 0.1) is 0 Å². The molecule has 2 heterocycles. The quantitative estimate of drug-likeness (QED) is 0.188. The van der Waals surface area contributed by atoms with E-state index in [1.54, 1.807) is 0 Å². The molecule has 0 fully saturated rings. The van der Waals surface area contributed by atoms with E-state index >= 15 is 0 Å². The summed E-state index contributed by atoms with van der Waals surface area (Å²) in [7, 11) is 0. The van der Waals surface area contributed by atoms with Crippen molar-refractivity contribution in [3.05, 3.63) is 163 Å². The molecule has 0 atom stereocenters. The maximum Gasteiger partial charge on any atom is 0.0542 e. The third kappa shape index (κ3) is 3.47. The van der Waals surface area contributed by atoms with Crippen LogP contribution in [0.3, 0.4) is 0 Å². The van der Waals surface area contributed by atoms with Gasteiger partial charge in [-0.15, -0.1) is 0 Å². The van der Waals surface area contributed by atoms with E-state index in [2.05, 4.69) is 167 Å². The Bertz CT molecular complexity index is 2790. The molecule has 7 aromatic carbocycles. The number of hydrogen-bond donors (Lipinski definition) is 0. The van der Waals surface area contributed by atoms with Crippen LogP contribution in [-0.4, -0.2) is 9.13 Å². The summed E-state index contributed by atoms with van der Waals surface area (Å²) in [5.41, 5.74) is 16.8. The van der Waals surface area contributed by atoms with Gasteiger partial charge in [-0.3, -0.25) is 0 Å². The Morgan fingerprint density at radius 2 is 1.04 bits per heavy atom. The first kappa shape index (κ1) is 26.0. The van der Waals surface area contributed by atoms with Crippen LogP contribution in [0.5, 0.6) is 0 Å². The molecule has 2 nitrogen and oxygen atoms in total. The number of nitrogens with zero attached hydrogens (tertiary/aromatic N) is 2. The van der Waals surface area contributed by atoms with Gasteiger partial charge in [0, 0.05) is 38.8 Å². The summed E-state index contributed by atoms with van der Waals surface area (Å²) in [5, 5.41) is 6.56. The Hall–Kier alpha value is -6.12. The Balaban J connectivity index is 1.06. The molecular weight excluding hydrogens is 581 g/mol. The molecule has 0 bridgehead atoms. The van der Waals surface area contributed by atoms with Crippen LogP contribution in [0.1, 0.15) is 17.7 Å². The minimum atomic E-state index is 1.05. The van der Waals surface area contributed by atoms with E-state index < -0.39 is 0 Å². The Morgan fingerprint density at radius 1 is 0.417 bits per heavy atom. The van der Waals surface area contributed by atoms with E-state index in [0.29, 0.717) is 0 Å². The number of hydrogen-bond acceptors (Lipinski definition) is 0. The number of benzene rings is 7. The molecule has 2 aliphatic rings. The molecule has 0 saturated heterocycles. The van der Waals surface area contributed by atoms with Crippen molar-refractivity contribution < 1.29 is 0 Å². The van der Waals surface area contributed by atoms with Crippen LogP contribution in [0.2, 0.25) is 0 Å². The molecule has 2 heteroatoms. The van der Waals surface area contributed by atoms with Gasteiger partial charge in [-0.25, -0.2) is 0 Å². The fourth-order valence-electron chi connectivity index (χ4n) is 8.69. The molecule has 9 aromatic rings. The molecule has 2 aromatic heterocycles. The lowest BCUT2D eigenvalue weighted by molar-refractivity contribution is 0.889. The summed E-state index contributed by atoms with van der Waals surface area (Å²) in [5.74, 6) is 0. The summed E-state index contributed by atoms with van der Waals surface area (Å²) in [6.45, 7) is 0. The van der Waals surface area contributed by atoms with E-state index in [4.69, 9.17) is 0 Å². The predicted octanol–water partition coefficient (Wildman–Crippen LogP) is 12.2. The van der Waals surface area contributed by atoms with Crippen LogP contribution in [0.15, 0.2) is 152 Å². The van der Waals surface area contributed by atoms with Crippen molar-refractivity contribution in [1.29, 1.82) is 0 Å². The van der Waals surface area contributed by atoms with Crippen LogP contribution in [-0.2, 0) is 6.42 Å². The van der Waals surface area contributed by atoms with Crippen molar-refractivity contribution in [2.75, 3.05) is 0 Å². The number of aromatic nitrogens is 2. The maximum absolute atomic E-state index is 2.49. The van der Waals surface area contributed by atoms with Gasteiger partial charge in [0.05, 0.1) is 16.6 Å². The highest BCUT2D eigenvalue weighted by atomic mass is 15.0. The molecule has 0 N–H and O–H groups in total. The lowest BCUT2D eigenvalue weighted by Gasteiger charge is -2.14. The second kappa shape index (κ2) is 9.70. The van der Waals surface area contributed by atoms with Gasteiger partial charge in [-0.1, -0.05) is 115 Å². The van der Waals surface area contributed by atoms with E-state index in [0.717, 1.165) is 12.8 Å². The zero-order valence-electron chi connectivity index (χ0n) is 26.3. The highest BCUT2D eigenvalue weighted by molar-refractivity contribution is 6.18. The minimum Gasteiger partial charge on any atom is -0.313 e. The zero-order valence-corrected chi connectivity index (χ0v) is 26.3. The SMILES string of the molecule is C1=Cc2c(n(-c3ccc4c(c3)c3ccccc3n4-c3ccc(-c4ccc5c6c(cccc46)-c4ccccc4-5)cc3)c3ccccc23)CC1. The number of allylic oxidation sites excluding steroid dienone is 1. The van der Waals surface area contributed by atoms with Crippen molar-refractivity contribution in [2.45, 2.75) is 12.8 Å². The number of rotatable bonds is 3. The van der Waals surface area contributed by atoms with E-state index in [9.17, 15) is 0 Å². The fourth-order valence-corrected chi connectivity index (χ4v) is 8.69. The molecule has 0 saturated carbocycles. The molecule has 48 heavy (non-hydrogen) atoms. The summed E-state index contributed by atoms with van der Waals surface area (Å²) < 4.78 is 4.92. The van der Waals surface area contributed by atoms with Crippen LogP contribution in [0.25, 0.3) is 94.3 Å². The molecule has 11 rings (SSSR count). The van der Waals surface area contributed by atoms with Gasteiger partial charge >= 0.3 is 0 Å². The van der Waals surface area contributed by atoms with Gasteiger partial charge in [-0.2, -0.15) is 0 Å². The van der Waals surface area contributed by atoms with E-state index in [-0.39, 0.29) is 0 Å². The first-order chi connectivity index (χ1) is 23.8. The summed E-state index contributed by atoms with van der Waals surface area (Å²) in [4.78, 5) is 0. The lowest BCUT2D eigenvalue weighted by atomic mass is 9.94. The largest absolute Gasteiger partial charge is 0.313 e. The number of para-hydroxylation sites is 2. The highest BCUT2D eigenvalue weighted by Gasteiger charge is 2.23. The normalized spacial score (nSPS) is 13.2. The fraction of sp³-hybridized carbons (Fsp3) is 0.0435. The van der Waals surface area contributed by atoms with Crippen molar-refractivity contribution in [3.63, 3.8) is 0 Å². The summed E-state index contributed by atoms with van der Waals surface area (Å²) in [6.07, 6.45) is 6.76. The average molecular weight is 611 g/mol. The monoisotopic (exact) mass is 610 g/mol. The third-order valence-electron chi connectivity index (χ3n) is 10.7. The van der Waals surface area contributed by atoms with Crippen molar-refractivity contribution in [1.82, 2.24) is 9.13 Å². The molecule has 0 unspecified atom stereocenters. The Labute approximate surface area is 278 Å². The average Bonchev–Trinajstić information content (AvgIpc) is 3.79. The molecule has 0 radical (unpaired) electrons. The predicted molar refractivity (Wildman–Crippen MR) is 202 cm³/mol. The molecule has 224 valence electrons. The summed E-state index contributed by atoms with van der Waals surface area (Å²) >= 11 is 0. The van der Waals surface area contributed by atoms with E-state index in [1.165, 1.54) is 99.5 Å². The molecular formula is C46H30N2. The van der Waals surface area contributed by atoms with Crippen LogP contribution in [0.4, 0.5) is 0 Å². The maximum atomic E-state index is 2.49. The first-order valence-electron chi connectivity index (χ1n) is 16.9. The van der Waals surface area contributed by atoms with Crippen molar-refractivity contribution in [2.24, 2.45) is 0 Å². The van der Waals surface area contributed by atoms with Gasteiger partial charge in [0.15, 0.2) is 0 Å². The van der Waals surface area contributed by atoms with Gasteiger partial charge in [0.2, 0.25) is 0 Å². The van der Waals surface area contributed by atoms with Gasteiger partial charge < -0.3 is 9.13 Å². The van der Waals surface area contributed by atoms with Gasteiger partial charge in [-0.05, 0) is 99.5 Å². The molecule has 0 amide bonds. The number of fused-ring (bicyclic) bond motifs is 9. The third-order valence-corrected chi connectivity index (χ3v) is 10.7. The zero-order chi connectivity index (χ0) is 31.3. The Morgan fingerprint density at radius 3 is 1.88 bits per heavy atom. The van der Waals surface area contributed by atoms with Crippen LogP contribution < -0.4 is 0 Å². The first-order valence-corrected chi connectivity index (χ1v) is 16.9.